The zero-order chi connectivity index (χ0) is 19.4. The Morgan fingerprint density at radius 1 is 1.11 bits per heavy atom. The second-order valence-electron chi connectivity index (χ2n) is 6.77. The van der Waals surface area contributed by atoms with Crippen molar-refractivity contribution in [2.45, 2.75) is 33.1 Å². The van der Waals surface area contributed by atoms with Gasteiger partial charge in [0, 0.05) is 16.7 Å². The van der Waals surface area contributed by atoms with Crippen molar-refractivity contribution < 1.29 is 9.18 Å². The zero-order valence-electron chi connectivity index (χ0n) is 15.5. The molecule has 2 amide bonds. The van der Waals surface area contributed by atoms with Crippen LogP contribution in [-0.2, 0) is 6.42 Å². The maximum absolute atomic E-state index is 13.1. The van der Waals surface area contributed by atoms with Crippen molar-refractivity contribution in [1.82, 2.24) is 5.32 Å². The van der Waals surface area contributed by atoms with Crippen LogP contribution in [0.1, 0.15) is 37.8 Å². The van der Waals surface area contributed by atoms with Crippen molar-refractivity contribution in [3.8, 4) is 6.07 Å². The van der Waals surface area contributed by atoms with E-state index < -0.39 is 6.03 Å². The molecule has 1 aliphatic carbocycles. The Morgan fingerprint density at radius 3 is 2.41 bits per heavy atom. The molecule has 138 valence electrons. The quantitative estimate of drug-likeness (QED) is 0.780. The van der Waals surface area contributed by atoms with E-state index in [-0.39, 0.29) is 11.2 Å². The molecule has 0 atom stereocenters. The number of rotatable bonds is 4. The molecule has 27 heavy (non-hydrogen) atoms. The number of nitrogens with one attached hydrogen (secondary N) is 2. The van der Waals surface area contributed by atoms with Crippen LogP contribution in [0.3, 0.4) is 0 Å². The van der Waals surface area contributed by atoms with E-state index in [9.17, 15) is 14.4 Å². The lowest BCUT2D eigenvalue weighted by Crippen LogP contribution is -2.36. The van der Waals surface area contributed by atoms with Crippen molar-refractivity contribution >= 4 is 17.4 Å². The van der Waals surface area contributed by atoms with Gasteiger partial charge in [0.25, 0.3) is 0 Å². The van der Waals surface area contributed by atoms with Gasteiger partial charge in [-0.05, 0) is 49.1 Å². The minimum Gasteiger partial charge on any atom is -0.308 e. The largest absolute Gasteiger partial charge is 0.323 e. The van der Waals surface area contributed by atoms with Gasteiger partial charge in [0.2, 0.25) is 0 Å². The van der Waals surface area contributed by atoms with Crippen LogP contribution in [0.15, 0.2) is 54.1 Å². The van der Waals surface area contributed by atoms with Gasteiger partial charge in [0.1, 0.15) is 5.82 Å². The maximum Gasteiger partial charge on any atom is 0.323 e. The van der Waals surface area contributed by atoms with Crippen molar-refractivity contribution in [2.24, 2.45) is 5.41 Å². The zero-order valence-corrected chi connectivity index (χ0v) is 15.5. The molecule has 0 aromatic heterocycles. The molecule has 0 bridgehead atoms. The van der Waals surface area contributed by atoms with E-state index in [0.29, 0.717) is 17.0 Å². The summed E-state index contributed by atoms with van der Waals surface area (Å²) < 4.78 is 13.1. The monoisotopic (exact) mass is 363 g/mol. The number of hydrogen-bond donors (Lipinski definition) is 2. The Balaban J connectivity index is 1.98. The van der Waals surface area contributed by atoms with Gasteiger partial charge >= 0.3 is 6.03 Å². The van der Waals surface area contributed by atoms with Gasteiger partial charge in [-0.3, -0.25) is 0 Å². The van der Waals surface area contributed by atoms with Gasteiger partial charge in [-0.2, -0.15) is 5.26 Å². The number of anilines is 1. The van der Waals surface area contributed by atoms with Crippen LogP contribution in [0.4, 0.5) is 14.9 Å². The smallest absolute Gasteiger partial charge is 0.308 e. The number of urea groups is 1. The van der Waals surface area contributed by atoms with Gasteiger partial charge in [0.15, 0.2) is 0 Å². The third kappa shape index (κ3) is 3.56. The van der Waals surface area contributed by atoms with E-state index in [2.05, 4.69) is 30.6 Å². The fourth-order valence-corrected chi connectivity index (χ4v) is 3.74. The van der Waals surface area contributed by atoms with E-state index in [1.165, 1.54) is 24.3 Å². The van der Waals surface area contributed by atoms with Crippen molar-refractivity contribution in [3.05, 3.63) is 71.0 Å². The van der Waals surface area contributed by atoms with Gasteiger partial charge in [-0.15, -0.1) is 0 Å². The highest BCUT2D eigenvalue weighted by Gasteiger charge is 2.39. The molecule has 4 nitrogen and oxygen atoms in total. The van der Waals surface area contributed by atoms with Crippen molar-refractivity contribution in [3.63, 3.8) is 0 Å². The van der Waals surface area contributed by atoms with E-state index >= 15 is 0 Å². The number of nitriles is 1. The number of halogens is 1. The maximum atomic E-state index is 13.1. The number of hydrogen-bond acceptors (Lipinski definition) is 2. The lowest BCUT2D eigenvalue weighted by atomic mass is 9.66. The molecule has 0 saturated heterocycles. The topological polar surface area (TPSA) is 64.9 Å². The van der Waals surface area contributed by atoms with E-state index in [1.54, 1.807) is 0 Å². The Kier molecular flexibility index (Phi) is 5.27. The summed E-state index contributed by atoms with van der Waals surface area (Å²) >= 11 is 0. The lowest BCUT2D eigenvalue weighted by Gasteiger charge is -2.38. The molecule has 0 radical (unpaired) electrons. The van der Waals surface area contributed by atoms with Crippen molar-refractivity contribution in [1.29, 1.82) is 5.26 Å². The number of allylic oxidation sites excluding steroid dienone is 1. The summed E-state index contributed by atoms with van der Waals surface area (Å²) in [7, 11) is 0. The highest BCUT2D eigenvalue weighted by molar-refractivity contribution is 5.97. The minimum atomic E-state index is -0.456. The van der Waals surface area contributed by atoms with E-state index in [4.69, 9.17) is 0 Å². The Labute approximate surface area is 158 Å². The molecule has 5 heteroatoms. The summed E-state index contributed by atoms with van der Waals surface area (Å²) in [6.07, 6.45) is 2.40. The van der Waals surface area contributed by atoms with Crippen molar-refractivity contribution in [2.75, 3.05) is 5.32 Å². The highest BCUT2D eigenvalue weighted by Crippen LogP contribution is 2.46. The number of fused-ring (bicyclic) bond motifs is 1. The Bertz CT molecular complexity index is 921. The third-order valence-corrected chi connectivity index (χ3v) is 5.40. The van der Waals surface area contributed by atoms with E-state index in [0.717, 1.165) is 30.4 Å². The number of benzene rings is 2. The van der Waals surface area contributed by atoms with Gasteiger partial charge in [-0.1, -0.05) is 38.1 Å². The predicted octanol–water partition coefficient (Wildman–Crippen LogP) is 5.24. The van der Waals surface area contributed by atoms with E-state index in [1.807, 2.05) is 24.3 Å². The van der Waals surface area contributed by atoms with Gasteiger partial charge in [-0.25, -0.2) is 9.18 Å². The highest BCUT2D eigenvalue weighted by atomic mass is 19.1. The van der Waals surface area contributed by atoms with Gasteiger partial charge in [0.05, 0.1) is 17.3 Å². The van der Waals surface area contributed by atoms with Crippen LogP contribution >= 0.6 is 0 Å². The van der Waals surface area contributed by atoms with Crippen LogP contribution in [0.2, 0.25) is 0 Å². The first-order valence-corrected chi connectivity index (χ1v) is 9.09. The number of nitrogens with zero attached hydrogens (tertiary/aromatic N) is 1. The molecule has 0 fully saturated rings. The van der Waals surface area contributed by atoms with Crippen LogP contribution in [0.5, 0.6) is 0 Å². The van der Waals surface area contributed by atoms with Crippen LogP contribution in [-0.4, -0.2) is 6.03 Å². The lowest BCUT2D eigenvalue weighted by molar-refractivity contribution is 0.255. The van der Waals surface area contributed by atoms with Crippen LogP contribution < -0.4 is 10.6 Å². The molecule has 0 unspecified atom stereocenters. The standard InChI is InChI=1S/C22H22FN3O/c1-3-22(4-2)13-15-7-5-6-8-18(15)20(19(22)14-24)26-21(27)25-17-11-9-16(23)10-12-17/h5-12H,3-4,13H2,1-2H3,(H2,25,26,27). The molecule has 1 aliphatic rings. The third-order valence-electron chi connectivity index (χ3n) is 5.40. The molecule has 2 aromatic carbocycles. The summed E-state index contributed by atoms with van der Waals surface area (Å²) in [5.74, 6) is -0.368. The first-order valence-electron chi connectivity index (χ1n) is 9.09. The summed E-state index contributed by atoms with van der Waals surface area (Å²) in [4.78, 5) is 12.6. The van der Waals surface area contributed by atoms with Crippen LogP contribution in [0.25, 0.3) is 5.70 Å². The molecule has 2 N–H and O–H groups in total. The fourth-order valence-electron chi connectivity index (χ4n) is 3.74. The summed E-state index contributed by atoms with van der Waals surface area (Å²) in [5, 5.41) is 15.5. The predicted molar refractivity (Wildman–Crippen MR) is 104 cm³/mol. The summed E-state index contributed by atoms with van der Waals surface area (Å²) in [5.41, 5.74) is 3.36. The molecular formula is C22H22FN3O. The Morgan fingerprint density at radius 2 is 1.78 bits per heavy atom. The fraction of sp³-hybridized carbons (Fsp3) is 0.273. The first kappa shape index (κ1) is 18.7. The molecule has 0 aliphatic heterocycles. The molecule has 0 spiro atoms. The molecular weight excluding hydrogens is 341 g/mol. The average molecular weight is 363 g/mol. The van der Waals surface area contributed by atoms with Crippen LogP contribution in [0, 0.1) is 22.6 Å². The molecule has 0 heterocycles. The molecule has 3 rings (SSSR count). The molecule has 0 saturated carbocycles. The number of carbonyl (C=O) groups is 1. The molecule has 2 aromatic rings. The SMILES string of the molecule is CCC1(CC)Cc2ccccc2C(NC(=O)Nc2ccc(F)cc2)=C1C#N. The summed E-state index contributed by atoms with van der Waals surface area (Å²) in [6.45, 7) is 4.15. The normalized spacial score (nSPS) is 14.9. The number of amides is 2. The minimum absolute atomic E-state index is 0.290. The van der Waals surface area contributed by atoms with Gasteiger partial charge < -0.3 is 10.6 Å². The Hall–Kier alpha value is -3.13. The number of carbonyl (C=O) groups excluding carboxylic acids is 1. The first-order chi connectivity index (χ1) is 13.0. The average Bonchev–Trinajstić information content (AvgIpc) is 2.69. The summed E-state index contributed by atoms with van der Waals surface area (Å²) in [6, 6.07) is 15.3. The second kappa shape index (κ2) is 7.63. The second-order valence-corrected chi connectivity index (χ2v) is 6.77.